The van der Waals surface area contributed by atoms with Gasteiger partial charge >= 0.3 is 5.76 Å². The summed E-state index contributed by atoms with van der Waals surface area (Å²) in [7, 11) is 1.62. The van der Waals surface area contributed by atoms with Crippen molar-refractivity contribution in [3.63, 3.8) is 0 Å². The van der Waals surface area contributed by atoms with Gasteiger partial charge in [-0.3, -0.25) is 9.36 Å². The van der Waals surface area contributed by atoms with Crippen LogP contribution in [0.1, 0.15) is 23.7 Å². The fourth-order valence-electron chi connectivity index (χ4n) is 1.72. The van der Waals surface area contributed by atoms with Gasteiger partial charge in [0.2, 0.25) is 0 Å². The van der Waals surface area contributed by atoms with Crippen LogP contribution in [0, 0.1) is 0 Å². The van der Waals surface area contributed by atoms with Crippen LogP contribution >= 0.6 is 0 Å². The fourth-order valence-corrected chi connectivity index (χ4v) is 1.72. The van der Waals surface area contributed by atoms with Gasteiger partial charge in [0.15, 0.2) is 11.4 Å². The average molecular weight is 234 g/mol. The van der Waals surface area contributed by atoms with Gasteiger partial charge in [0, 0.05) is 25.1 Å². The predicted molar refractivity (Wildman–Crippen MR) is 64.1 cm³/mol. The van der Waals surface area contributed by atoms with Crippen LogP contribution in [-0.4, -0.2) is 16.4 Å². The summed E-state index contributed by atoms with van der Waals surface area (Å²) >= 11 is 0. The molecule has 2 N–H and O–H groups in total. The van der Waals surface area contributed by atoms with Crippen LogP contribution in [0.25, 0.3) is 11.1 Å². The third-order valence-corrected chi connectivity index (χ3v) is 2.62. The Hall–Kier alpha value is -1.88. The lowest BCUT2D eigenvalue weighted by molar-refractivity contribution is 0.0976. The summed E-state index contributed by atoms with van der Waals surface area (Å²) in [5.41, 5.74) is 7.19. The topological polar surface area (TPSA) is 78.2 Å². The van der Waals surface area contributed by atoms with Gasteiger partial charge in [0.25, 0.3) is 0 Å². The first-order valence-electron chi connectivity index (χ1n) is 5.37. The minimum atomic E-state index is -0.434. The first kappa shape index (κ1) is 11.6. The van der Waals surface area contributed by atoms with Crippen molar-refractivity contribution < 1.29 is 9.21 Å². The van der Waals surface area contributed by atoms with E-state index >= 15 is 0 Å². The summed E-state index contributed by atoms with van der Waals surface area (Å²) < 4.78 is 6.42. The van der Waals surface area contributed by atoms with Crippen LogP contribution < -0.4 is 11.5 Å². The molecule has 0 radical (unpaired) electrons. The van der Waals surface area contributed by atoms with Gasteiger partial charge in [-0.25, -0.2) is 4.79 Å². The molecule has 90 valence electrons. The number of ketones is 1. The molecule has 0 fully saturated rings. The Bertz CT molecular complexity index is 622. The van der Waals surface area contributed by atoms with E-state index in [9.17, 15) is 9.59 Å². The lowest BCUT2D eigenvalue weighted by Crippen LogP contribution is -2.19. The number of nitrogens with zero attached hydrogens (tertiary/aromatic N) is 1. The molecule has 1 aromatic heterocycles. The molecule has 0 saturated carbocycles. The molecule has 0 aliphatic heterocycles. The van der Waals surface area contributed by atoms with E-state index in [0.717, 1.165) is 0 Å². The minimum Gasteiger partial charge on any atom is -0.408 e. The van der Waals surface area contributed by atoms with Crippen molar-refractivity contribution in [1.29, 1.82) is 0 Å². The molecule has 5 heteroatoms. The molecular weight excluding hydrogens is 220 g/mol. The first-order valence-corrected chi connectivity index (χ1v) is 5.37. The molecule has 0 amide bonds. The fraction of sp³-hybridized carbons (Fsp3) is 0.333. The Labute approximate surface area is 97.8 Å². The van der Waals surface area contributed by atoms with Gasteiger partial charge in [-0.2, -0.15) is 0 Å². The molecule has 1 aromatic carbocycles. The number of aryl methyl sites for hydroxylation is 1. The number of rotatable bonds is 3. The zero-order chi connectivity index (χ0) is 12.6. The van der Waals surface area contributed by atoms with Gasteiger partial charge in [-0.1, -0.05) is 0 Å². The number of benzene rings is 1. The molecule has 2 rings (SSSR count). The molecular formula is C12H14N2O3. The standard InChI is InChI=1S/C12H14N2O3/c1-7(13)5-10(15)8-3-4-9-11(6-8)17-12(16)14(9)2/h3-4,6-7H,5,13H2,1-2H3. The van der Waals surface area contributed by atoms with Crippen molar-refractivity contribution in [1.82, 2.24) is 4.57 Å². The zero-order valence-corrected chi connectivity index (χ0v) is 9.77. The molecule has 0 bridgehead atoms. The maximum absolute atomic E-state index is 11.8. The number of hydrogen-bond acceptors (Lipinski definition) is 4. The van der Waals surface area contributed by atoms with Crippen LogP contribution in [0.15, 0.2) is 27.4 Å². The molecule has 2 aromatic rings. The van der Waals surface area contributed by atoms with E-state index in [1.165, 1.54) is 4.57 Å². The Morgan fingerprint density at radius 1 is 1.53 bits per heavy atom. The first-order chi connectivity index (χ1) is 7.99. The number of Topliss-reactive ketones (excluding diaryl/α,β-unsaturated/α-hetero) is 1. The Morgan fingerprint density at radius 3 is 2.88 bits per heavy atom. The lowest BCUT2D eigenvalue weighted by Gasteiger charge is -2.03. The zero-order valence-electron chi connectivity index (χ0n) is 9.77. The number of fused-ring (bicyclic) bond motifs is 1. The van der Waals surface area contributed by atoms with Crippen LogP contribution in [0.5, 0.6) is 0 Å². The largest absolute Gasteiger partial charge is 0.419 e. The Kier molecular flexibility index (Phi) is 2.85. The van der Waals surface area contributed by atoms with E-state index in [-0.39, 0.29) is 18.2 Å². The number of nitrogens with two attached hydrogens (primary N) is 1. The second-order valence-corrected chi connectivity index (χ2v) is 4.21. The minimum absolute atomic E-state index is 0.0478. The second-order valence-electron chi connectivity index (χ2n) is 4.21. The summed E-state index contributed by atoms with van der Waals surface area (Å²) in [6.07, 6.45) is 0.280. The maximum Gasteiger partial charge on any atom is 0.419 e. The van der Waals surface area contributed by atoms with E-state index in [0.29, 0.717) is 16.7 Å². The highest BCUT2D eigenvalue weighted by Gasteiger charge is 2.12. The summed E-state index contributed by atoms with van der Waals surface area (Å²) in [4.78, 5) is 23.1. The number of hydrogen-bond donors (Lipinski definition) is 1. The SMILES string of the molecule is CC(N)CC(=O)c1ccc2c(c1)oc(=O)n2C. The van der Waals surface area contributed by atoms with Crippen molar-refractivity contribution in [2.24, 2.45) is 12.8 Å². The van der Waals surface area contributed by atoms with Crippen LogP contribution in [0.3, 0.4) is 0 Å². The molecule has 1 heterocycles. The number of oxazole rings is 1. The molecule has 0 spiro atoms. The Morgan fingerprint density at radius 2 is 2.24 bits per heavy atom. The van der Waals surface area contributed by atoms with Gasteiger partial charge in [0.05, 0.1) is 5.52 Å². The number of aromatic nitrogens is 1. The average Bonchev–Trinajstić information content (AvgIpc) is 2.53. The van der Waals surface area contributed by atoms with E-state index in [4.69, 9.17) is 10.2 Å². The smallest absolute Gasteiger partial charge is 0.408 e. The normalized spacial score (nSPS) is 12.9. The molecule has 17 heavy (non-hydrogen) atoms. The van der Waals surface area contributed by atoms with E-state index < -0.39 is 5.76 Å². The van der Waals surface area contributed by atoms with E-state index in [2.05, 4.69) is 0 Å². The van der Waals surface area contributed by atoms with Gasteiger partial charge in [-0.15, -0.1) is 0 Å². The van der Waals surface area contributed by atoms with Crippen molar-refractivity contribution in [2.45, 2.75) is 19.4 Å². The molecule has 1 atom stereocenters. The monoisotopic (exact) mass is 234 g/mol. The van der Waals surface area contributed by atoms with Crippen LogP contribution in [0.4, 0.5) is 0 Å². The summed E-state index contributed by atoms with van der Waals surface area (Å²) in [5, 5.41) is 0. The second kappa shape index (κ2) is 4.18. The third kappa shape index (κ3) is 2.14. The molecule has 0 aliphatic carbocycles. The molecule has 5 nitrogen and oxygen atoms in total. The summed E-state index contributed by atoms with van der Waals surface area (Å²) in [6.45, 7) is 1.78. The van der Waals surface area contributed by atoms with E-state index in [1.54, 1.807) is 32.2 Å². The van der Waals surface area contributed by atoms with Gasteiger partial charge in [-0.05, 0) is 25.1 Å². The van der Waals surface area contributed by atoms with Gasteiger partial charge < -0.3 is 10.2 Å². The van der Waals surface area contributed by atoms with Crippen molar-refractivity contribution in [3.8, 4) is 0 Å². The molecule has 0 saturated heterocycles. The molecule has 0 aliphatic rings. The summed E-state index contributed by atoms with van der Waals surface area (Å²) in [6, 6.07) is 4.79. The maximum atomic E-state index is 11.8. The highest BCUT2D eigenvalue weighted by molar-refractivity contribution is 5.98. The predicted octanol–water partition coefficient (Wildman–Crippen LogP) is 1.05. The third-order valence-electron chi connectivity index (χ3n) is 2.62. The number of carbonyl (C=O) groups is 1. The van der Waals surface area contributed by atoms with Crippen molar-refractivity contribution in [2.75, 3.05) is 0 Å². The van der Waals surface area contributed by atoms with Crippen molar-refractivity contribution >= 4 is 16.9 Å². The van der Waals surface area contributed by atoms with Gasteiger partial charge in [0.1, 0.15) is 0 Å². The number of carbonyl (C=O) groups excluding carboxylic acids is 1. The van der Waals surface area contributed by atoms with Crippen molar-refractivity contribution in [3.05, 3.63) is 34.3 Å². The van der Waals surface area contributed by atoms with Crippen LogP contribution in [0.2, 0.25) is 0 Å². The Balaban J connectivity index is 2.45. The highest BCUT2D eigenvalue weighted by atomic mass is 16.4. The summed E-state index contributed by atoms with van der Waals surface area (Å²) in [5.74, 6) is -0.481. The van der Waals surface area contributed by atoms with E-state index in [1.807, 2.05) is 0 Å². The lowest BCUT2D eigenvalue weighted by atomic mass is 10.0. The highest BCUT2D eigenvalue weighted by Crippen LogP contribution is 2.15. The quantitative estimate of drug-likeness (QED) is 0.805. The van der Waals surface area contributed by atoms with Crippen LogP contribution in [-0.2, 0) is 7.05 Å². The molecule has 1 unspecified atom stereocenters.